The summed E-state index contributed by atoms with van der Waals surface area (Å²) in [7, 11) is 0. The van der Waals surface area contributed by atoms with E-state index in [2.05, 4.69) is 21.8 Å². The summed E-state index contributed by atoms with van der Waals surface area (Å²) in [6.07, 6.45) is 0. The molecule has 3 aromatic rings. The van der Waals surface area contributed by atoms with Crippen LogP contribution in [0, 0.1) is 10.1 Å². The van der Waals surface area contributed by atoms with Crippen molar-refractivity contribution in [2.75, 3.05) is 31.1 Å². The number of non-ortho nitro benzene ring substituents is 1. The van der Waals surface area contributed by atoms with E-state index in [-0.39, 0.29) is 22.2 Å². The Bertz CT molecular complexity index is 1060. The number of hydrogen-bond donors (Lipinski definition) is 2. The lowest BCUT2D eigenvalue weighted by Gasteiger charge is -2.36. The molecule has 0 aliphatic carbocycles. The lowest BCUT2D eigenvalue weighted by molar-refractivity contribution is -0.930. The van der Waals surface area contributed by atoms with E-state index in [1.807, 2.05) is 18.2 Å². The predicted molar refractivity (Wildman–Crippen MR) is 107 cm³/mol. The summed E-state index contributed by atoms with van der Waals surface area (Å²) in [5.41, 5.74) is 1.72. The Morgan fingerprint density at radius 1 is 1.14 bits per heavy atom. The van der Waals surface area contributed by atoms with Gasteiger partial charge < -0.3 is 14.8 Å². The fourth-order valence-corrected chi connectivity index (χ4v) is 3.77. The molecule has 2 N–H and O–H groups in total. The normalized spacial score (nSPS) is 16.2. The third kappa shape index (κ3) is 3.46. The molecular weight excluding hydrogens is 358 g/mol. The minimum Gasteiger partial charge on any atom is -0.360 e. The first-order valence-corrected chi connectivity index (χ1v) is 9.36. The molecule has 1 aliphatic rings. The van der Waals surface area contributed by atoms with E-state index in [0.717, 1.165) is 37.4 Å². The molecule has 1 saturated heterocycles. The number of benzene rings is 2. The molecule has 8 heteroatoms. The van der Waals surface area contributed by atoms with E-state index in [1.54, 1.807) is 30.3 Å². The molecule has 1 aliphatic heterocycles. The summed E-state index contributed by atoms with van der Waals surface area (Å²) in [6.45, 7) is 5.57. The van der Waals surface area contributed by atoms with Crippen LogP contribution in [0.4, 0.5) is 11.4 Å². The first kappa shape index (κ1) is 18.1. The molecule has 0 bridgehead atoms. The highest BCUT2D eigenvalue weighted by atomic mass is 16.6. The van der Waals surface area contributed by atoms with Crippen LogP contribution in [0.1, 0.15) is 18.8 Å². The lowest BCUT2D eigenvalue weighted by Crippen LogP contribution is -3.14. The first-order valence-electron chi connectivity index (χ1n) is 9.36. The van der Waals surface area contributed by atoms with Crippen molar-refractivity contribution >= 4 is 22.3 Å². The van der Waals surface area contributed by atoms with Gasteiger partial charge in [-0.1, -0.05) is 12.1 Å². The molecule has 0 unspecified atom stereocenters. The van der Waals surface area contributed by atoms with Gasteiger partial charge in [0.15, 0.2) is 5.82 Å². The van der Waals surface area contributed by atoms with Gasteiger partial charge in [-0.3, -0.25) is 14.9 Å². The number of aromatic nitrogens is 2. The number of nitro groups is 1. The van der Waals surface area contributed by atoms with Gasteiger partial charge >= 0.3 is 0 Å². The third-order valence-corrected chi connectivity index (χ3v) is 5.49. The van der Waals surface area contributed by atoms with Gasteiger partial charge in [-0.2, -0.15) is 0 Å². The minimum absolute atomic E-state index is 0.0799. The Morgan fingerprint density at radius 2 is 1.82 bits per heavy atom. The Morgan fingerprint density at radius 3 is 2.50 bits per heavy atom. The summed E-state index contributed by atoms with van der Waals surface area (Å²) >= 11 is 0. The second-order valence-electron chi connectivity index (χ2n) is 7.11. The largest absolute Gasteiger partial charge is 0.360 e. The molecule has 4 rings (SSSR count). The number of H-pyrrole nitrogens is 1. The van der Waals surface area contributed by atoms with Gasteiger partial charge in [0.05, 0.1) is 42.0 Å². The molecule has 0 spiro atoms. The monoisotopic (exact) mass is 380 g/mol. The molecule has 0 amide bonds. The molecule has 2 aromatic carbocycles. The number of anilines is 1. The zero-order valence-corrected chi connectivity index (χ0v) is 15.6. The molecule has 1 aromatic heterocycles. The molecule has 144 valence electrons. The smallest absolute Gasteiger partial charge is 0.269 e. The number of aromatic amines is 1. The SMILES string of the molecule is C[C@@H](c1nc2ccccc2c(=O)[nH]1)[NH+]1CCN(c2ccc([N+](=O)[O-])cc2)CC1. The number of rotatable bonds is 4. The van der Waals surface area contributed by atoms with Crippen molar-refractivity contribution in [1.29, 1.82) is 0 Å². The average Bonchev–Trinajstić information content (AvgIpc) is 2.73. The summed E-state index contributed by atoms with van der Waals surface area (Å²) in [5, 5.41) is 11.4. The third-order valence-electron chi connectivity index (χ3n) is 5.49. The van der Waals surface area contributed by atoms with E-state index in [1.165, 1.54) is 4.90 Å². The van der Waals surface area contributed by atoms with Gasteiger partial charge in [-0.05, 0) is 31.2 Å². The summed E-state index contributed by atoms with van der Waals surface area (Å²) in [6, 6.07) is 14.1. The quantitative estimate of drug-likeness (QED) is 0.525. The molecule has 8 nitrogen and oxygen atoms in total. The number of para-hydroxylation sites is 1. The number of nitrogens with zero attached hydrogens (tertiary/aromatic N) is 3. The number of quaternary nitrogens is 1. The van der Waals surface area contributed by atoms with E-state index in [4.69, 9.17) is 0 Å². The number of fused-ring (bicyclic) bond motifs is 1. The molecule has 2 heterocycles. The van der Waals surface area contributed by atoms with E-state index in [0.29, 0.717) is 11.2 Å². The molecule has 1 atom stereocenters. The summed E-state index contributed by atoms with van der Waals surface area (Å²) in [5.74, 6) is 0.711. The maximum absolute atomic E-state index is 12.3. The van der Waals surface area contributed by atoms with Gasteiger partial charge in [0, 0.05) is 17.8 Å². The van der Waals surface area contributed by atoms with Crippen LogP contribution in [0.2, 0.25) is 0 Å². The Balaban J connectivity index is 1.46. The van der Waals surface area contributed by atoms with Crippen LogP contribution >= 0.6 is 0 Å². The standard InChI is InChI=1S/C20H21N5O3/c1-14(19-21-18-5-3-2-4-17(18)20(26)22-19)23-10-12-24(13-11-23)15-6-8-16(9-7-15)25(27)28/h2-9,14H,10-13H2,1H3,(H,21,22,26)/p+1/t14-/m0/s1. The second kappa shape index (κ2) is 7.40. The van der Waals surface area contributed by atoms with Crippen molar-refractivity contribution < 1.29 is 9.82 Å². The van der Waals surface area contributed by atoms with Crippen LogP contribution in [0.15, 0.2) is 53.3 Å². The van der Waals surface area contributed by atoms with Crippen molar-refractivity contribution in [3.05, 3.63) is 74.8 Å². The van der Waals surface area contributed by atoms with Crippen molar-refractivity contribution in [3.8, 4) is 0 Å². The molecular formula is C20H22N5O3+. The maximum atomic E-state index is 12.3. The minimum atomic E-state index is -0.384. The van der Waals surface area contributed by atoms with Gasteiger partial charge in [-0.25, -0.2) is 4.98 Å². The fraction of sp³-hybridized carbons (Fsp3) is 0.300. The first-order chi connectivity index (χ1) is 13.5. The highest BCUT2D eigenvalue weighted by molar-refractivity contribution is 5.77. The molecule has 0 saturated carbocycles. The predicted octanol–water partition coefficient (Wildman–Crippen LogP) is 1.30. The molecule has 1 fully saturated rings. The summed E-state index contributed by atoms with van der Waals surface area (Å²) < 4.78 is 0. The Kier molecular flexibility index (Phi) is 4.79. The van der Waals surface area contributed by atoms with Crippen LogP contribution in [-0.2, 0) is 0 Å². The topological polar surface area (TPSA) is 96.6 Å². The van der Waals surface area contributed by atoms with Crippen LogP contribution in [-0.4, -0.2) is 41.1 Å². The van der Waals surface area contributed by atoms with Crippen molar-refractivity contribution in [3.63, 3.8) is 0 Å². The maximum Gasteiger partial charge on any atom is 0.269 e. The van der Waals surface area contributed by atoms with Gasteiger partial charge in [0.25, 0.3) is 11.2 Å². The van der Waals surface area contributed by atoms with Gasteiger partial charge in [0.2, 0.25) is 0 Å². The van der Waals surface area contributed by atoms with Crippen LogP contribution in [0.5, 0.6) is 0 Å². The molecule has 0 radical (unpaired) electrons. The zero-order valence-electron chi connectivity index (χ0n) is 15.6. The van der Waals surface area contributed by atoms with Gasteiger partial charge in [-0.15, -0.1) is 0 Å². The fourth-order valence-electron chi connectivity index (χ4n) is 3.77. The van der Waals surface area contributed by atoms with Crippen LogP contribution < -0.4 is 15.4 Å². The second-order valence-corrected chi connectivity index (χ2v) is 7.11. The van der Waals surface area contributed by atoms with E-state index in [9.17, 15) is 14.9 Å². The van der Waals surface area contributed by atoms with Crippen molar-refractivity contribution in [2.45, 2.75) is 13.0 Å². The average molecular weight is 380 g/mol. The number of nitro benzene ring substituents is 1. The number of piperazine rings is 1. The lowest BCUT2D eigenvalue weighted by atomic mass is 10.1. The van der Waals surface area contributed by atoms with Crippen LogP contribution in [0.3, 0.4) is 0 Å². The zero-order chi connectivity index (χ0) is 19.7. The summed E-state index contributed by atoms with van der Waals surface area (Å²) in [4.78, 5) is 34.0. The van der Waals surface area contributed by atoms with Gasteiger partial charge in [0.1, 0.15) is 6.04 Å². The Hall–Kier alpha value is -3.26. The van der Waals surface area contributed by atoms with E-state index < -0.39 is 0 Å². The Labute approximate surface area is 161 Å². The highest BCUT2D eigenvalue weighted by Crippen LogP contribution is 2.19. The number of nitrogens with one attached hydrogen (secondary N) is 2. The highest BCUT2D eigenvalue weighted by Gasteiger charge is 2.27. The van der Waals surface area contributed by atoms with Crippen LogP contribution in [0.25, 0.3) is 10.9 Å². The van der Waals surface area contributed by atoms with Crippen molar-refractivity contribution in [1.82, 2.24) is 9.97 Å². The van der Waals surface area contributed by atoms with E-state index >= 15 is 0 Å². The van der Waals surface area contributed by atoms with Crippen molar-refractivity contribution in [2.24, 2.45) is 0 Å². The molecule has 28 heavy (non-hydrogen) atoms. The number of hydrogen-bond acceptors (Lipinski definition) is 5.